The van der Waals surface area contributed by atoms with Gasteiger partial charge in [0, 0.05) is 12.1 Å². The Labute approximate surface area is 97.7 Å². The fraction of sp³-hybridized carbons (Fsp3) is 0.300. The van der Waals surface area contributed by atoms with Crippen molar-refractivity contribution in [3.05, 3.63) is 28.3 Å². The Morgan fingerprint density at radius 1 is 1.59 bits per heavy atom. The molecule has 7 heteroatoms. The van der Waals surface area contributed by atoms with Gasteiger partial charge >= 0.3 is 0 Å². The normalized spacial score (nSPS) is 11.7. The van der Waals surface area contributed by atoms with Crippen LogP contribution in [-0.2, 0) is 4.79 Å². The maximum Gasteiger partial charge on any atom is 0.271 e. The van der Waals surface area contributed by atoms with Crippen LogP contribution in [0.4, 0.5) is 11.4 Å². The van der Waals surface area contributed by atoms with Crippen LogP contribution in [0.25, 0.3) is 0 Å². The van der Waals surface area contributed by atoms with Crippen LogP contribution in [0.15, 0.2) is 18.2 Å². The average Bonchev–Trinajstić information content (AvgIpc) is 2.28. The van der Waals surface area contributed by atoms with Gasteiger partial charge in [0.05, 0.1) is 23.8 Å². The summed E-state index contributed by atoms with van der Waals surface area (Å²) in [5, 5.41) is 13.1. The van der Waals surface area contributed by atoms with Gasteiger partial charge in [0.25, 0.3) is 5.69 Å². The number of hydrogen-bond acceptors (Lipinski definition) is 5. The largest absolute Gasteiger partial charge is 0.495 e. The fourth-order valence-corrected chi connectivity index (χ4v) is 1.15. The molecule has 0 heterocycles. The van der Waals surface area contributed by atoms with Crippen LogP contribution in [0.5, 0.6) is 5.75 Å². The van der Waals surface area contributed by atoms with Crippen LogP contribution in [0.2, 0.25) is 0 Å². The molecule has 0 spiro atoms. The third-order valence-electron chi connectivity index (χ3n) is 2.07. The fourth-order valence-electron chi connectivity index (χ4n) is 1.15. The first-order valence-corrected chi connectivity index (χ1v) is 4.84. The first-order valence-electron chi connectivity index (χ1n) is 4.84. The molecule has 0 aromatic heterocycles. The van der Waals surface area contributed by atoms with Crippen molar-refractivity contribution < 1.29 is 14.5 Å². The van der Waals surface area contributed by atoms with Crippen LogP contribution in [0.1, 0.15) is 6.92 Å². The van der Waals surface area contributed by atoms with Crippen molar-refractivity contribution in [2.75, 3.05) is 12.4 Å². The Bertz CT molecular complexity index is 445. The van der Waals surface area contributed by atoms with Crippen molar-refractivity contribution >= 4 is 17.3 Å². The van der Waals surface area contributed by atoms with Crippen LogP contribution in [0.3, 0.4) is 0 Å². The second-order valence-electron chi connectivity index (χ2n) is 3.42. The number of ether oxygens (including phenoxy) is 1. The van der Waals surface area contributed by atoms with Gasteiger partial charge < -0.3 is 15.8 Å². The van der Waals surface area contributed by atoms with Gasteiger partial charge in [-0.3, -0.25) is 14.9 Å². The molecule has 0 aliphatic carbocycles. The first kappa shape index (κ1) is 12.9. The third-order valence-corrected chi connectivity index (χ3v) is 2.07. The van der Waals surface area contributed by atoms with Gasteiger partial charge in [-0.1, -0.05) is 0 Å². The van der Waals surface area contributed by atoms with Gasteiger partial charge in [-0.25, -0.2) is 0 Å². The molecule has 1 unspecified atom stereocenters. The number of non-ortho nitro benzene ring substituents is 1. The van der Waals surface area contributed by atoms with E-state index in [9.17, 15) is 14.9 Å². The number of anilines is 1. The number of nitrogens with zero attached hydrogens (tertiary/aromatic N) is 1. The average molecular weight is 239 g/mol. The van der Waals surface area contributed by atoms with E-state index in [0.717, 1.165) is 0 Å². The molecule has 0 bridgehead atoms. The maximum atomic E-state index is 11.4. The first-order chi connectivity index (χ1) is 7.95. The number of nitrogens with one attached hydrogen (secondary N) is 1. The summed E-state index contributed by atoms with van der Waals surface area (Å²) in [4.78, 5) is 21.4. The predicted octanol–water partition coefficient (Wildman–Crippen LogP) is 0.889. The Balaban J connectivity index is 3.06. The highest BCUT2D eigenvalue weighted by molar-refractivity contribution is 5.96. The molecule has 0 radical (unpaired) electrons. The van der Waals surface area contributed by atoms with E-state index in [2.05, 4.69) is 5.32 Å². The molecular weight excluding hydrogens is 226 g/mol. The molecule has 1 atom stereocenters. The standard InChI is InChI=1S/C10H13N3O4/c1-6(11)10(14)12-8-5-7(13(15)16)3-4-9(8)17-2/h3-6H,11H2,1-2H3,(H,12,14). The third kappa shape index (κ3) is 3.15. The summed E-state index contributed by atoms with van der Waals surface area (Å²) in [6, 6.07) is 3.22. The highest BCUT2D eigenvalue weighted by Gasteiger charge is 2.15. The maximum absolute atomic E-state index is 11.4. The van der Waals surface area contributed by atoms with E-state index >= 15 is 0 Å². The summed E-state index contributed by atoms with van der Waals surface area (Å²) in [5.74, 6) is -0.103. The van der Waals surface area contributed by atoms with Crippen LogP contribution >= 0.6 is 0 Å². The monoisotopic (exact) mass is 239 g/mol. The Hall–Kier alpha value is -2.15. The number of nitro benzene ring substituents is 1. The molecule has 1 amide bonds. The van der Waals surface area contributed by atoms with Gasteiger partial charge in [0.2, 0.25) is 5.91 Å². The van der Waals surface area contributed by atoms with Crippen LogP contribution < -0.4 is 15.8 Å². The molecule has 1 aromatic carbocycles. The zero-order valence-corrected chi connectivity index (χ0v) is 9.47. The van der Waals surface area contributed by atoms with E-state index in [1.165, 1.54) is 32.2 Å². The minimum Gasteiger partial charge on any atom is -0.495 e. The lowest BCUT2D eigenvalue weighted by atomic mass is 10.2. The predicted molar refractivity (Wildman–Crippen MR) is 61.9 cm³/mol. The summed E-state index contributed by atoms with van der Waals surface area (Å²) in [6.07, 6.45) is 0. The number of benzene rings is 1. The molecule has 7 nitrogen and oxygen atoms in total. The SMILES string of the molecule is COc1ccc([N+](=O)[O-])cc1NC(=O)C(C)N. The van der Waals surface area contributed by atoms with Crippen molar-refractivity contribution in [1.82, 2.24) is 0 Å². The van der Waals surface area contributed by atoms with E-state index in [4.69, 9.17) is 10.5 Å². The topological polar surface area (TPSA) is 107 Å². The molecule has 17 heavy (non-hydrogen) atoms. The molecular formula is C10H13N3O4. The van der Waals surface area contributed by atoms with Crippen molar-refractivity contribution in [2.45, 2.75) is 13.0 Å². The van der Waals surface area contributed by atoms with Crippen molar-refractivity contribution in [1.29, 1.82) is 0 Å². The molecule has 0 aliphatic heterocycles. The summed E-state index contributed by atoms with van der Waals surface area (Å²) < 4.78 is 4.98. The highest BCUT2D eigenvalue weighted by Crippen LogP contribution is 2.28. The molecule has 1 rings (SSSR count). The van der Waals surface area contributed by atoms with Gasteiger partial charge in [-0.15, -0.1) is 0 Å². The van der Waals surface area contributed by atoms with Crippen LogP contribution in [-0.4, -0.2) is 24.0 Å². The Morgan fingerprint density at radius 2 is 2.24 bits per heavy atom. The molecule has 92 valence electrons. The molecule has 0 saturated carbocycles. The quantitative estimate of drug-likeness (QED) is 0.599. The molecule has 0 aliphatic rings. The number of hydrogen-bond donors (Lipinski definition) is 2. The second-order valence-corrected chi connectivity index (χ2v) is 3.42. The van der Waals surface area contributed by atoms with Crippen LogP contribution in [0, 0.1) is 10.1 Å². The number of amides is 1. The summed E-state index contributed by atoms with van der Waals surface area (Å²) in [7, 11) is 1.41. The second kappa shape index (κ2) is 5.26. The van der Waals surface area contributed by atoms with Gasteiger partial charge in [0.1, 0.15) is 5.75 Å². The number of nitro groups is 1. The lowest BCUT2D eigenvalue weighted by molar-refractivity contribution is -0.384. The highest BCUT2D eigenvalue weighted by atomic mass is 16.6. The Kier molecular flexibility index (Phi) is 4.00. The van der Waals surface area contributed by atoms with Crippen molar-refractivity contribution in [3.63, 3.8) is 0 Å². The minimum absolute atomic E-state index is 0.134. The van der Waals surface area contributed by atoms with E-state index in [1.807, 2.05) is 0 Å². The summed E-state index contributed by atoms with van der Waals surface area (Å²) >= 11 is 0. The van der Waals surface area contributed by atoms with Gasteiger partial charge in [-0.2, -0.15) is 0 Å². The van der Waals surface area contributed by atoms with E-state index in [0.29, 0.717) is 5.75 Å². The molecule has 1 aromatic rings. The van der Waals surface area contributed by atoms with Gasteiger partial charge in [-0.05, 0) is 13.0 Å². The van der Waals surface area contributed by atoms with Crippen molar-refractivity contribution in [2.24, 2.45) is 5.73 Å². The van der Waals surface area contributed by atoms with Gasteiger partial charge in [0.15, 0.2) is 0 Å². The minimum atomic E-state index is -0.709. The smallest absolute Gasteiger partial charge is 0.271 e. The van der Waals surface area contributed by atoms with E-state index in [1.54, 1.807) is 0 Å². The number of rotatable bonds is 4. The number of methoxy groups -OCH3 is 1. The Morgan fingerprint density at radius 3 is 2.71 bits per heavy atom. The zero-order chi connectivity index (χ0) is 13.0. The summed E-state index contributed by atoms with van der Waals surface area (Å²) in [5.41, 5.74) is 5.48. The molecule has 0 saturated heterocycles. The van der Waals surface area contributed by atoms with E-state index < -0.39 is 16.9 Å². The number of carbonyl (C=O) groups excluding carboxylic acids is 1. The lowest BCUT2D eigenvalue weighted by Gasteiger charge is -2.11. The lowest BCUT2D eigenvalue weighted by Crippen LogP contribution is -2.32. The van der Waals surface area contributed by atoms with Crippen molar-refractivity contribution in [3.8, 4) is 5.75 Å². The zero-order valence-electron chi connectivity index (χ0n) is 9.47. The number of carbonyl (C=O) groups is 1. The number of nitrogens with two attached hydrogens (primary N) is 1. The summed E-state index contributed by atoms with van der Waals surface area (Å²) in [6.45, 7) is 1.51. The molecule has 3 N–H and O–H groups in total. The molecule has 0 fully saturated rings. The van der Waals surface area contributed by atoms with E-state index in [-0.39, 0.29) is 11.4 Å².